The second-order valence-electron chi connectivity index (χ2n) is 6.55. The number of pyridine rings is 1. The Labute approximate surface area is 183 Å². The van der Waals surface area contributed by atoms with E-state index in [9.17, 15) is 9.90 Å². The van der Waals surface area contributed by atoms with Crippen molar-refractivity contribution in [1.82, 2.24) is 15.8 Å². The number of anilines is 1. The zero-order chi connectivity index (χ0) is 21.5. The number of hydrogen-bond donors (Lipinski definition) is 3. The Morgan fingerprint density at radius 2 is 1.87 bits per heavy atom. The third kappa shape index (κ3) is 5.01. The number of rotatable bonds is 6. The average molecular weight is 433 g/mol. The molecule has 3 N–H and O–H groups in total. The lowest BCUT2D eigenvalue weighted by atomic mass is 10.2. The Bertz CT molecular complexity index is 1090. The zero-order valence-corrected chi connectivity index (χ0v) is 17.2. The molecule has 1 amide bonds. The summed E-state index contributed by atoms with van der Waals surface area (Å²) in [6, 6.07) is 20.5. The van der Waals surface area contributed by atoms with Crippen LogP contribution in [0.5, 0.6) is 5.75 Å². The molecule has 0 spiro atoms. The molecule has 4 rings (SSSR count). The molecule has 2 aromatic carbocycles. The van der Waals surface area contributed by atoms with E-state index in [1.807, 2.05) is 47.4 Å². The molecular weight excluding hydrogens is 412 g/mol. The molecule has 1 unspecified atom stereocenters. The molecule has 1 atom stereocenters. The van der Waals surface area contributed by atoms with Crippen molar-refractivity contribution < 1.29 is 9.90 Å². The number of para-hydroxylation sites is 2. The monoisotopic (exact) mass is 432 g/mol. The molecular formula is C22H20N6O2S. The molecule has 3 aromatic rings. The number of thioether (sulfide) groups is 1. The summed E-state index contributed by atoms with van der Waals surface area (Å²) in [5.41, 5.74) is 8.11. The van der Waals surface area contributed by atoms with Gasteiger partial charge in [-0.1, -0.05) is 42.1 Å². The van der Waals surface area contributed by atoms with Crippen molar-refractivity contribution in [2.75, 3.05) is 10.7 Å². The molecule has 0 aliphatic carbocycles. The number of nitrogens with one attached hydrogen (secondary N) is 2. The smallest absolute Gasteiger partial charge is 0.250 e. The quantitative estimate of drug-likeness (QED) is 0.409. The van der Waals surface area contributed by atoms with E-state index in [4.69, 9.17) is 0 Å². The van der Waals surface area contributed by atoms with Gasteiger partial charge in [0.05, 0.1) is 12.0 Å². The van der Waals surface area contributed by atoms with Crippen LogP contribution in [0.25, 0.3) is 0 Å². The molecule has 0 fully saturated rings. The van der Waals surface area contributed by atoms with Crippen LogP contribution in [-0.4, -0.2) is 33.1 Å². The van der Waals surface area contributed by atoms with Crippen molar-refractivity contribution in [2.24, 2.45) is 10.2 Å². The van der Waals surface area contributed by atoms with Gasteiger partial charge in [0.1, 0.15) is 11.9 Å². The van der Waals surface area contributed by atoms with E-state index in [0.717, 1.165) is 11.3 Å². The van der Waals surface area contributed by atoms with Crippen LogP contribution in [0.2, 0.25) is 0 Å². The minimum absolute atomic E-state index is 0.0990. The number of hydrazone groups is 2. The molecule has 8 nitrogen and oxygen atoms in total. The standard InChI is InChI=1S/C22H20N6O2S/c29-19-9-5-4-6-17(19)14-24-25-20(30)15-31-22-27-26-21(16-10-12-23-13-11-16)28(22)18-7-2-1-3-8-18/h1-14,21,26,29H,15H2,(H,25,30)/b24-14+. The van der Waals surface area contributed by atoms with Gasteiger partial charge in [-0.25, -0.2) is 5.43 Å². The van der Waals surface area contributed by atoms with E-state index in [-0.39, 0.29) is 23.6 Å². The molecule has 0 bridgehead atoms. The van der Waals surface area contributed by atoms with Gasteiger partial charge in [-0.3, -0.25) is 20.1 Å². The Morgan fingerprint density at radius 1 is 1.13 bits per heavy atom. The normalized spacial score (nSPS) is 15.5. The Balaban J connectivity index is 1.41. The number of phenolic OH excluding ortho intramolecular Hbond substituents is 1. The van der Waals surface area contributed by atoms with Crippen LogP contribution < -0.4 is 15.8 Å². The maximum Gasteiger partial charge on any atom is 0.250 e. The van der Waals surface area contributed by atoms with E-state index in [2.05, 4.69) is 26.0 Å². The Kier molecular flexibility index (Phi) is 6.44. The van der Waals surface area contributed by atoms with Gasteiger partial charge in [-0.05, 0) is 42.0 Å². The van der Waals surface area contributed by atoms with Crippen molar-refractivity contribution in [1.29, 1.82) is 0 Å². The molecule has 9 heteroatoms. The number of nitrogens with zero attached hydrogens (tertiary/aromatic N) is 4. The van der Waals surface area contributed by atoms with Crippen LogP contribution in [0.4, 0.5) is 5.69 Å². The predicted molar refractivity (Wildman–Crippen MR) is 123 cm³/mol. The van der Waals surface area contributed by atoms with Gasteiger partial charge in [-0.2, -0.15) is 10.2 Å². The topological polar surface area (TPSA) is 102 Å². The fourth-order valence-corrected chi connectivity index (χ4v) is 3.78. The molecule has 0 radical (unpaired) electrons. The van der Waals surface area contributed by atoms with Crippen LogP contribution in [0, 0.1) is 0 Å². The first-order chi connectivity index (χ1) is 15.2. The number of carbonyl (C=O) groups is 1. The van der Waals surface area contributed by atoms with Crippen molar-refractivity contribution in [3.63, 3.8) is 0 Å². The number of aromatic nitrogens is 1. The van der Waals surface area contributed by atoms with Crippen LogP contribution in [0.1, 0.15) is 17.3 Å². The van der Waals surface area contributed by atoms with Crippen molar-refractivity contribution in [3.05, 3.63) is 90.3 Å². The Hall–Kier alpha value is -3.85. The summed E-state index contributed by atoms with van der Waals surface area (Å²) in [6.45, 7) is 0. The summed E-state index contributed by atoms with van der Waals surface area (Å²) < 4.78 is 0. The molecule has 1 aliphatic heterocycles. The summed E-state index contributed by atoms with van der Waals surface area (Å²) in [5.74, 6) is -0.0490. The van der Waals surface area contributed by atoms with Crippen molar-refractivity contribution >= 4 is 34.7 Å². The van der Waals surface area contributed by atoms with Gasteiger partial charge in [0, 0.05) is 23.6 Å². The third-order valence-corrected chi connectivity index (χ3v) is 5.42. The molecule has 1 aromatic heterocycles. The second kappa shape index (κ2) is 9.77. The third-order valence-electron chi connectivity index (χ3n) is 4.46. The molecule has 1 aliphatic rings. The van der Waals surface area contributed by atoms with Crippen LogP contribution >= 0.6 is 11.8 Å². The van der Waals surface area contributed by atoms with Gasteiger partial charge in [-0.15, -0.1) is 0 Å². The van der Waals surface area contributed by atoms with Gasteiger partial charge in [0.15, 0.2) is 5.17 Å². The summed E-state index contributed by atoms with van der Waals surface area (Å²) in [6.07, 6.45) is 4.68. The highest BCUT2D eigenvalue weighted by atomic mass is 32.2. The summed E-state index contributed by atoms with van der Waals surface area (Å²) in [7, 11) is 0. The molecule has 0 saturated heterocycles. The number of amidine groups is 1. The van der Waals surface area contributed by atoms with E-state index in [1.54, 1.807) is 36.7 Å². The zero-order valence-electron chi connectivity index (χ0n) is 16.4. The van der Waals surface area contributed by atoms with Crippen molar-refractivity contribution in [3.8, 4) is 5.75 Å². The highest BCUT2D eigenvalue weighted by Gasteiger charge is 2.31. The molecule has 0 saturated carbocycles. The largest absolute Gasteiger partial charge is 0.507 e. The number of benzene rings is 2. The highest BCUT2D eigenvalue weighted by Crippen LogP contribution is 2.32. The SMILES string of the molecule is O=C(CSC1=NNC(c2ccncc2)N1c1ccccc1)N/N=C/c1ccccc1O. The first-order valence-corrected chi connectivity index (χ1v) is 10.5. The van der Waals surface area contributed by atoms with Crippen LogP contribution in [0.15, 0.2) is 89.3 Å². The fraction of sp³-hybridized carbons (Fsp3) is 0.0909. The lowest BCUT2D eigenvalue weighted by Crippen LogP contribution is -2.33. The van der Waals surface area contributed by atoms with E-state index in [1.165, 1.54) is 18.0 Å². The van der Waals surface area contributed by atoms with Crippen molar-refractivity contribution in [2.45, 2.75) is 6.17 Å². The molecule has 156 valence electrons. The maximum atomic E-state index is 12.3. The maximum absolute atomic E-state index is 12.3. The Morgan fingerprint density at radius 3 is 2.65 bits per heavy atom. The molecule has 31 heavy (non-hydrogen) atoms. The minimum atomic E-state index is -0.278. The highest BCUT2D eigenvalue weighted by molar-refractivity contribution is 8.14. The lowest BCUT2D eigenvalue weighted by Gasteiger charge is -2.27. The average Bonchev–Trinajstić information content (AvgIpc) is 3.24. The summed E-state index contributed by atoms with van der Waals surface area (Å²) >= 11 is 1.31. The van der Waals surface area contributed by atoms with Crippen LogP contribution in [-0.2, 0) is 4.79 Å². The lowest BCUT2D eigenvalue weighted by molar-refractivity contribution is -0.118. The van der Waals surface area contributed by atoms with Gasteiger partial charge >= 0.3 is 0 Å². The van der Waals surface area contributed by atoms with Crippen LogP contribution in [0.3, 0.4) is 0 Å². The predicted octanol–water partition coefficient (Wildman–Crippen LogP) is 3.05. The second-order valence-corrected chi connectivity index (χ2v) is 7.50. The fourth-order valence-electron chi connectivity index (χ4n) is 2.99. The minimum Gasteiger partial charge on any atom is -0.507 e. The summed E-state index contributed by atoms with van der Waals surface area (Å²) in [5, 5.41) is 18.8. The first kappa shape index (κ1) is 20.4. The van der Waals surface area contributed by atoms with E-state index >= 15 is 0 Å². The van der Waals surface area contributed by atoms with E-state index < -0.39 is 0 Å². The molecule has 2 heterocycles. The van der Waals surface area contributed by atoms with E-state index in [0.29, 0.717) is 10.7 Å². The number of aromatic hydroxyl groups is 1. The number of amides is 1. The number of phenols is 1. The first-order valence-electron chi connectivity index (χ1n) is 9.52. The van der Waals surface area contributed by atoms with Gasteiger partial charge < -0.3 is 5.11 Å². The van der Waals surface area contributed by atoms with Gasteiger partial charge in [0.25, 0.3) is 5.91 Å². The number of hydrogen-bond acceptors (Lipinski definition) is 8. The summed E-state index contributed by atoms with van der Waals surface area (Å²) in [4.78, 5) is 18.4. The van der Waals surface area contributed by atoms with Gasteiger partial charge in [0.2, 0.25) is 0 Å². The number of carbonyl (C=O) groups excluding carboxylic acids is 1.